The SMILES string of the molecule is CCCC(=O)Nc1ccc(CNC(=NC)N(C)Cc2cc(Cl)cn2C)cc1.I. The van der Waals surface area contributed by atoms with Crippen molar-refractivity contribution in [2.45, 2.75) is 32.9 Å². The zero-order valence-electron chi connectivity index (χ0n) is 16.8. The van der Waals surface area contributed by atoms with Crippen LogP contribution in [0.3, 0.4) is 0 Å². The van der Waals surface area contributed by atoms with Gasteiger partial charge in [0, 0.05) is 51.7 Å². The molecule has 2 N–H and O–H groups in total. The number of guanidine groups is 1. The summed E-state index contributed by atoms with van der Waals surface area (Å²) in [6.45, 7) is 3.34. The van der Waals surface area contributed by atoms with Crippen molar-refractivity contribution in [2.24, 2.45) is 12.0 Å². The van der Waals surface area contributed by atoms with Crippen LogP contribution in [0.4, 0.5) is 5.69 Å². The lowest BCUT2D eigenvalue weighted by atomic mass is 10.2. The predicted octanol–water partition coefficient (Wildman–Crippen LogP) is 4.24. The van der Waals surface area contributed by atoms with Gasteiger partial charge in [0.05, 0.1) is 11.6 Å². The quantitative estimate of drug-likeness (QED) is 0.328. The second kappa shape index (κ2) is 12.0. The van der Waals surface area contributed by atoms with E-state index in [9.17, 15) is 4.79 Å². The molecule has 1 heterocycles. The summed E-state index contributed by atoms with van der Waals surface area (Å²) < 4.78 is 2.01. The monoisotopic (exact) mass is 517 g/mol. The Labute approximate surface area is 189 Å². The lowest BCUT2D eigenvalue weighted by Gasteiger charge is -2.22. The maximum absolute atomic E-state index is 11.6. The second-order valence-corrected chi connectivity index (χ2v) is 6.95. The minimum atomic E-state index is 0. The molecule has 28 heavy (non-hydrogen) atoms. The third-order valence-corrected chi connectivity index (χ3v) is 4.42. The first kappa shape index (κ1) is 24.3. The lowest BCUT2D eigenvalue weighted by Crippen LogP contribution is -2.38. The van der Waals surface area contributed by atoms with E-state index in [-0.39, 0.29) is 29.9 Å². The molecule has 2 aromatic rings. The van der Waals surface area contributed by atoms with Gasteiger partial charge in [0.1, 0.15) is 0 Å². The van der Waals surface area contributed by atoms with Crippen LogP contribution in [-0.4, -0.2) is 35.4 Å². The van der Waals surface area contributed by atoms with Crippen LogP contribution in [0.15, 0.2) is 41.5 Å². The Bertz CT molecular complexity index is 788. The number of aliphatic imine (C=N–C) groups is 1. The molecule has 1 aromatic carbocycles. The number of carbonyl (C=O) groups excluding carboxylic acids is 1. The average Bonchev–Trinajstić information content (AvgIpc) is 2.94. The summed E-state index contributed by atoms with van der Waals surface area (Å²) >= 11 is 6.05. The molecule has 0 aliphatic carbocycles. The standard InChI is InChI=1S/C20H28ClN5O.HI/c1-5-6-19(27)24-17-9-7-15(8-10-17)12-23-20(22-2)26(4)14-18-11-16(21)13-25(18)3;/h7-11,13H,5-6,12,14H2,1-4H3,(H,22,23)(H,24,27);1H. The number of rotatable bonds is 7. The van der Waals surface area contributed by atoms with Gasteiger partial charge in [-0.05, 0) is 30.2 Å². The van der Waals surface area contributed by atoms with Crippen LogP contribution in [0.2, 0.25) is 5.02 Å². The highest BCUT2D eigenvalue weighted by Crippen LogP contribution is 2.14. The molecule has 0 unspecified atom stereocenters. The Balaban J connectivity index is 0.00000392. The number of aryl methyl sites for hydroxylation is 1. The van der Waals surface area contributed by atoms with Crippen molar-refractivity contribution in [3.05, 3.63) is 52.8 Å². The van der Waals surface area contributed by atoms with Crippen LogP contribution in [0.25, 0.3) is 0 Å². The van der Waals surface area contributed by atoms with Gasteiger partial charge in [0.15, 0.2) is 5.96 Å². The van der Waals surface area contributed by atoms with Crippen LogP contribution < -0.4 is 10.6 Å². The largest absolute Gasteiger partial charge is 0.352 e. The maximum Gasteiger partial charge on any atom is 0.224 e. The fourth-order valence-corrected chi connectivity index (χ4v) is 3.04. The van der Waals surface area contributed by atoms with Crippen LogP contribution in [0.5, 0.6) is 0 Å². The van der Waals surface area contributed by atoms with Crippen molar-refractivity contribution in [2.75, 3.05) is 19.4 Å². The van der Waals surface area contributed by atoms with Crippen LogP contribution in [0, 0.1) is 0 Å². The summed E-state index contributed by atoms with van der Waals surface area (Å²) in [5, 5.41) is 6.98. The number of carbonyl (C=O) groups is 1. The van der Waals surface area contributed by atoms with E-state index in [1.807, 2.05) is 67.0 Å². The van der Waals surface area contributed by atoms with Crippen LogP contribution >= 0.6 is 35.6 Å². The third kappa shape index (κ3) is 7.35. The second-order valence-electron chi connectivity index (χ2n) is 6.51. The number of amides is 1. The fourth-order valence-electron chi connectivity index (χ4n) is 2.76. The summed E-state index contributed by atoms with van der Waals surface area (Å²) in [5.74, 6) is 0.846. The van der Waals surface area contributed by atoms with Gasteiger partial charge in [-0.25, -0.2) is 0 Å². The zero-order chi connectivity index (χ0) is 19.8. The van der Waals surface area contributed by atoms with Gasteiger partial charge in [-0.15, -0.1) is 24.0 Å². The number of nitrogens with zero attached hydrogens (tertiary/aromatic N) is 3. The summed E-state index contributed by atoms with van der Waals surface area (Å²) in [6.07, 6.45) is 3.27. The van der Waals surface area contributed by atoms with Crippen molar-refractivity contribution in [3.63, 3.8) is 0 Å². The third-order valence-electron chi connectivity index (χ3n) is 4.21. The number of halogens is 2. The van der Waals surface area contributed by atoms with E-state index in [0.29, 0.717) is 19.5 Å². The van der Waals surface area contributed by atoms with Gasteiger partial charge >= 0.3 is 0 Å². The summed E-state index contributed by atoms with van der Waals surface area (Å²) in [4.78, 5) is 18.0. The van der Waals surface area contributed by atoms with E-state index in [2.05, 4.69) is 15.6 Å². The smallest absolute Gasteiger partial charge is 0.224 e. The van der Waals surface area contributed by atoms with E-state index in [4.69, 9.17) is 11.6 Å². The van der Waals surface area contributed by atoms with Gasteiger partial charge < -0.3 is 20.1 Å². The maximum atomic E-state index is 11.6. The van der Waals surface area contributed by atoms with Gasteiger partial charge in [-0.3, -0.25) is 9.79 Å². The summed E-state index contributed by atoms with van der Waals surface area (Å²) in [5.41, 5.74) is 3.04. The van der Waals surface area contributed by atoms with Crippen molar-refractivity contribution < 1.29 is 4.79 Å². The fraction of sp³-hybridized carbons (Fsp3) is 0.400. The molecule has 0 atom stereocenters. The van der Waals surface area contributed by atoms with Crippen molar-refractivity contribution in [1.29, 1.82) is 0 Å². The molecule has 8 heteroatoms. The Morgan fingerprint density at radius 1 is 1.29 bits per heavy atom. The molecule has 154 valence electrons. The normalized spacial score (nSPS) is 11.0. The lowest BCUT2D eigenvalue weighted by molar-refractivity contribution is -0.116. The minimum Gasteiger partial charge on any atom is -0.352 e. The minimum absolute atomic E-state index is 0. The summed E-state index contributed by atoms with van der Waals surface area (Å²) in [7, 11) is 5.73. The van der Waals surface area contributed by atoms with Crippen LogP contribution in [0.1, 0.15) is 31.0 Å². The molecule has 0 saturated carbocycles. The van der Waals surface area contributed by atoms with E-state index < -0.39 is 0 Å². The molecule has 0 aliphatic heterocycles. The Morgan fingerprint density at radius 2 is 1.96 bits per heavy atom. The van der Waals surface area contributed by atoms with Crippen LogP contribution in [-0.2, 0) is 24.9 Å². The molecule has 0 bridgehead atoms. The number of hydrogen-bond acceptors (Lipinski definition) is 2. The number of anilines is 1. The molecule has 0 aliphatic rings. The highest BCUT2D eigenvalue weighted by molar-refractivity contribution is 14.0. The Morgan fingerprint density at radius 3 is 2.50 bits per heavy atom. The first-order chi connectivity index (χ1) is 12.9. The van der Waals surface area contributed by atoms with Crippen molar-refractivity contribution >= 4 is 53.1 Å². The van der Waals surface area contributed by atoms with E-state index in [1.54, 1.807) is 7.05 Å². The topological polar surface area (TPSA) is 61.7 Å². The molecule has 1 amide bonds. The molecule has 6 nitrogen and oxygen atoms in total. The van der Waals surface area contributed by atoms with Gasteiger partial charge in [0.25, 0.3) is 0 Å². The molecule has 0 saturated heterocycles. The highest BCUT2D eigenvalue weighted by Gasteiger charge is 2.10. The zero-order valence-corrected chi connectivity index (χ0v) is 19.9. The molecular formula is C20H29ClIN5O. The number of benzene rings is 1. The van der Waals surface area contributed by atoms with E-state index in [1.165, 1.54) is 0 Å². The number of aromatic nitrogens is 1. The van der Waals surface area contributed by atoms with Gasteiger partial charge in [-0.1, -0.05) is 30.7 Å². The van der Waals surface area contributed by atoms with E-state index >= 15 is 0 Å². The molecule has 1 aromatic heterocycles. The average molecular weight is 518 g/mol. The van der Waals surface area contributed by atoms with E-state index in [0.717, 1.165) is 34.3 Å². The van der Waals surface area contributed by atoms with Gasteiger partial charge in [0.2, 0.25) is 5.91 Å². The Hall–Kier alpha value is -1.74. The summed E-state index contributed by atoms with van der Waals surface area (Å²) in [6, 6.07) is 9.79. The first-order valence-electron chi connectivity index (χ1n) is 9.04. The number of nitrogens with one attached hydrogen (secondary N) is 2. The molecular weight excluding hydrogens is 489 g/mol. The van der Waals surface area contributed by atoms with Gasteiger partial charge in [-0.2, -0.15) is 0 Å². The van der Waals surface area contributed by atoms with Crippen molar-refractivity contribution in [3.8, 4) is 0 Å². The molecule has 2 rings (SSSR count). The molecule has 0 fully saturated rings. The van der Waals surface area contributed by atoms with Crippen molar-refractivity contribution in [1.82, 2.24) is 14.8 Å². The Kier molecular flexibility index (Phi) is 10.4. The molecule has 0 spiro atoms. The predicted molar refractivity (Wildman–Crippen MR) is 127 cm³/mol. The number of hydrogen-bond donors (Lipinski definition) is 2. The highest BCUT2D eigenvalue weighted by atomic mass is 127. The molecule has 0 radical (unpaired) electrons. The first-order valence-corrected chi connectivity index (χ1v) is 9.42.